The number of fused-ring (bicyclic) bond motifs is 2. The highest BCUT2D eigenvalue weighted by molar-refractivity contribution is 5.88. The van der Waals surface area contributed by atoms with Crippen LogP contribution in [-0.2, 0) is 13.0 Å². The molecule has 1 aromatic carbocycles. The van der Waals surface area contributed by atoms with E-state index in [1.54, 1.807) is 6.92 Å². The van der Waals surface area contributed by atoms with Crippen LogP contribution in [0.3, 0.4) is 0 Å². The summed E-state index contributed by atoms with van der Waals surface area (Å²) in [4.78, 5) is 22.5. The van der Waals surface area contributed by atoms with Gasteiger partial charge in [-0.3, -0.25) is 10.1 Å². The molecule has 1 aliphatic heterocycles. The number of aromatic nitrogens is 1. The normalized spacial score (nSPS) is 15.7. The Kier molecular flexibility index (Phi) is 3.72. The van der Waals surface area contributed by atoms with Crippen molar-refractivity contribution < 1.29 is 18.6 Å². The van der Waals surface area contributed by atoms with Crippen LogP contribution in [0.5, 0.6) is 5.75 Å². The van der Waals surface area contributed by atoms with E-state index in [2.05, 4.69) is 0 Å². The molecule has 132 valence electrons. The van der Waals surface area contributed by atoms with Crippen molar-refractivity contribution in [3.05, 3.63) is 73.9 Å². The summed E-state index contributed by atoms with van der Waals surface area (Å²) in [5.41, 5.74) is 0.915. The third kappa shape index (κ3) is 2.52. The van der Waals surface area contributed by atoms with Gasteiger partial charge in [-0.1, -0.05) is 6.07 Å². The van der Waals surface area contributed by atoms with Crippen LogP contribution >= 0.6 is 0 Å². The number of hydrogen-bond acceptors (Lipinski definition) is 5. The van der Waals surface area contributed by atoms with Crippen LogP contribution in [0, 0.1) is 24.0 Å². The van der Waals surface area contributed by atoms with E-state index in [9.17, 15) is 14.9 Å². The molecule has 0 bridgehead atoms. The quantitative estimate of drug-likeness (QED) is 0.313. The molecule has 4 rings (SSSR count). The van der Waals surface area contributed by atoms with Gasteiger partial charge in [-0.25, -0.2) is 9.36 Å². The first-order valence-electron chi connectivity index (χ1n) is 8.30. The fourth-order valence-electron chi connectivity index (χ4n) is 3.56. The molecule has 0 amide bonds. The first kappa shape index (κ1) is 16.3. The van der Waals surface area contributed by atoms with Gasteiger partial charge in [-0.2, -0.15) is 0 Å². The zero-order valence-electron chi connectivity index (χ0n) is 14.4. The molecular weight excluding hydrogens is 336 g/mol. The van der Waals surface area contributed by atoms with Gasteiger partial charge in [0.1, 0.15) is 11.3 Å². The van der Waals surface area contributed by atoms with Gasteiger partial charge in [0.15, 0.2) is 25.0 Å². The third-order valence-electron chi connectivity index (χ3n) is 4.79. The van der Waals surface area contributed by atoms with E-state index in [1.165, 1.54) is 0 Å². The van der Waals surface area contributed by atoms with E-state index < -0.39 is 16.2 Å². The fraction of sp³-hybridized carbons (Fsp3) is 0.263. The van der Waals surface area contributed by atoms with Crippen LogP contribution in [0.2, 0.25) is 0 Å². The number of benzene rings is 1. The lowest BCUT2D eigenvalue weighted by Gasteiger charge is -2.10. The van der Waals surface area contributed by atoms with Crippen molar-refractivity contribution in [1.82, 2.24) is 0 Å². The Morgan fingerprint density at radius 1 is 1.23 bits per heavy atom. The summed E-state index contributed by atoms with van der Waals surface area (Å²) in [5, 5.41) is 11.8. The summed E-state index contributed by atoms with van der Waals surface area (Å²) in [6, 6.07) is 7.71. The molecule has 7 nitrogen and oxygen atoms in total. The molecule has 0 saturated carbocycles. The van der Waals surface area contributed by atoms with Crippen molar-refractivity contribution in [3.8, 4) is 5.75 Å². The number of aryl methyl sites for hydroxylation is 2. The highest BCUT2D eigenvalue weighted by Crippen LogP contribution is 2.39. The SMILES string of the molecule is Cc1c([N+](=O)[O-])c(=O)oc2c(C)c3c(cc12)CC(C[n+]1ccccc1)O3. The first-order valence-corrected chi connectivity index (χ1v) is 8.30. The van der Waals surface area contributed by atoms with Crippen LogP contribution < -0.4 is 14.9 Å². The zero-order chi connectivity index (χ0) is 18.4. The number of nitro groups is 1. The second-order valence-corrected chi connectivity index (χ2v) is 6.50. The largest absolute Gasteiger partial charge is 0.483 e. The maximum absolute atomic E-state index is 12.0. The maximum Gasteiger partial charge on any atom is 0.415 e. The zero-order valence-corrected chi connectivity index (χ0v) is 14.4. The van der Waals surface area contributed by atoms with Crippen LogP contribution in [0.4, 0.5) is 5.69 Å². The minimum Gasteiger partial charge on any atom is -0.483 e. The van der Waals surface area contributed by atoms with Crippen LogP contribution in [0.25, 0.3) is 11.0 Å². The standard InChI is InChI=1S/C19H17N2O5/c1-11-15-9-13-8-14(10-20-6-4-3-5-7-20)25-17(13)12(2)18(15)26-19(22)16(11)21(23)24/h3-7,9,14H,8,10H2,1-2H3/q+1. The lowest BCUT2D eigenvalue weighted by molar-refractivity contribution is -0.702. The molecule has 0 aliphatic carbocycles. The highest BCUT2D eigenvalue weighted by atomic mass is 16.6. The molecule has 1 aliphatic rings. The number of rotatable bonds is 3. The van der Waals surface area contributed by atoms with Gasteiger partial charge in [-0.15, -0.1) is 0 Å². The number of ether oxygens (including phenoxy) is 1. The average Bonchev–Trinajstić information content (AvgIpc) is 3.00. The molecule has 1 atom stereocenters. The van der Waals surface area contributed by atoms with E-state index in [4.69, 9.17) is 9.15 Å². The third-order valence-corrected chi connectivity index (χ3v) is 4.79. The number of pyridine rings is 1. The Balaban J connectivity index is 1.79. The Morgan fingerprint density at radius 3 is 2.65 bits per heavy atom. The van der Waals surface area contributed by atoms with Gasteiger partial charge in [0, 0.05) is 35.1 Å². The molecule has 0 fully saturated rings. The van der Waals surface area contributed by atoms with Crippen molar-refractivity contribution in [2.45, 2.75) is 32.9 Å². The lowest BCUT2D eigenvalue weighted by atomic mass is 10.00. The van der Waals surface area contributed by atoms with Crippen LogP contribution in [0.15, 0.2) is 45.9 Å². The van der Waals surface area contributed by atoms with E-state index in [1.807, 2.05) is 48.1 Å². The molecule has 1 unspecified atom stereocenters. The molecule has 2 aromatic heterocycles. The molecule has 3 heterocycles. The van der Waals surface area contributed by atoms with Crippen LogP contribution in [0.1, 0.15) is 16.7 Å². The van der Waals surface area contributed by atoms with Crippen molar-refractivity contribution in [2.75, 3.05) is 0 Å². The monoisotopic (exact) mass is 353 g/mol. The van der Waals surface area contributed by atoms with Gasteiger partial charge in [0.05, 0.1) is 4.92 Å². The van der Waals surface area contributed by atoms with Gasteiger partial charge in [-0.05, 0) is 25.5 Å². The summed E-state index contributed by atoms with van der Waals surface area (Å²) in [7, 11) is 0. The van der Waals surface area contributed by atoms with Crippen molar-refractivity contribution in [1.29, 1.82) is 0 Å². The van der Waals surface area contributed by atoms with Crippen molar-refractivity contribution in [2.24, 2.45) is 0 Å². The minimum atomic E-state index is -0.933. The summed E-state index contributed by atoms with van der Waals surface area (Å²) in [5.74, 6) is 0.704. The molecule has 3 aromatic rings. The number of nitrogens with zero attached hydrogens (tertiary/aromatic N) is 2. The molecule has 0 radical (unpaired) electrons. The Bertz CT molecular complexity index is 1090. The topological polar surface area (TPSA) is 86.5 Å². The minimum absolute atomic E-state index is 0.0464. The molecular formula is C19H17N2O5+. The van der Waals surface area contributed by atoms with Crippen LogP contribution in [-0.4, -0.2) is 11.0 Å². The second-order valence-electron chi connectivity index (χ2n) is 6.50. The van der Waals surface area contributed by atoms with E-state index in [0.717, 1.165) is 5.56 Å². The predicted molar refractivity (Wildman–Crippen MR) is 93.4 cm³/mol. The second kappa shape index (κ2) is 5.94. The Morgan fingerprint density at radius 2 is 1.96 bits per heavy atom. The highest BCUT2D eigenvalue weighted by Gasteiger charge is 2.31. The molecule has 0 saturated heterocycles. The summed E-state index contributed by atoms with van der Waals surface area (Å²) in [6.07, 6.45) is 4.60. The fourth-order valence-corrected chi connectivity index (χ4v) is 3.56. The maximum atomic E-state index is 12.0. The smallest absolute Gasteiger partial charge is 0.415 e. The van der Waals surface area contributed by atoms with Gasteiger partial charge in [0.25, 0.3) is 0 Å². The predicted octanol–water partition coefficient (Wildman–Crippen LogP) is 2.61. The van der Waals surface area contributed by atoms with E-state index in [0.29, 0.717) is 40.8 Å². The van der Waals surface area contributed by atoms with E-state index in [-0.39, 0.29) is 6.10 Å². The molecule has 0 spiro atoms. The van der Waals surface area contributed by atoms with Crippen molar-refractivity contribution >= 4 is 16.7 Å². The van der Waals surface area contributed by atoms with Gasteiger partial charge in [0.2, 0.25) is 0 Å². The molecule has 26 heavy (non-hydrogen) atoms. The summed E-state index contributed by atoms with van der Waals surface area (Å²) in [6.45, 7) is 4.08. The lowest BCUT2D eigenvalue weighted by Crippen LogP contribution is -2.40. The Labute approximate surface area is 148 Å². The van der Waals surface area contributed by atoms with Gasteiger partial charge < -0.3 is 9.15 Å². The average molecular weight is 353 g/mol. The van der Waals surface area contributed by atoms with Crippen molar-refractivity contribution in [3.63, 3.8) is 0 Å². The van der Waals surface area contributed by atoms with E-state index >= 15 is 0 Å². The Hall–Kier alpha value is -3.22. The first-order chi connectivity index (χ1) is 12.5. The molecule has 7 heteroatoms. The number of hydrogen-bond donors (Lipinski definition) is 0. The molecule has 0 N–H and O–H groups in total. The summed E-state index contributed by atoms with van der Waals surface area (Å²) < 4.78 is 13.4. The van der Waals surface area contributed by atoms with Gasteiger partial charge >= 0.3 is 11.3 Å². The summed E-state index contributed by atoms with van der Waals surface area (Å²) >= 11 is 0.